The highest BCUT2D eigenvalue weighted by molar-refractivity contribution is 9.11. The first-order valence-corrected chi connectivity index (χ1v) is 10.3. The zero-order valence-electron chi connectivity index (χ0n) is 14.1. The minimum atomic E-state index is -0.346. The van der Waals surface area contributed by atoms with Gasteiger partial charge < -0.3 is 5.32 Å². The van der Waals surface area contributed by atoms with Gasteiger partial charge in [0.2, 0.25) is 5.91 Å². The Morgan fingerprint density at radius 3 is 2.50 bits per heavy atom. The molecule has 0 radical (unpaired) electrons. The van der Waals surface area contributed by atoms with Gasteiger partial charge in [0, 0.05) is 14.6 Å². The van der Waals surface area contributed by atoms with Gasteiger partial charge in [-0.05, 0) is 75.5 Å². The first-order chi connectivity index (χ1) is 12.5. The maximum atomic E-state index is 12.6. The molecule has 1 atom stereocenters. The number of nitrogens with one attached hydrogen (secondary N) is 1. The van der Waals surface area contributed by atoms with Crippen LogP contribution in [0, 0.1) is 6.92 Å². The van der Waals surface area contributed by atoms with E-state index in [1.54, 1.807) is 6.33 Å². The Bertz CT molecular complexity index is 907. The molecular formula is C18H16Br2N4OS. The first kappa shape index (κ1) is 19.1. The number of halogens is 2. The SMILES string of the molecule is Cc1cc(Br)c(NC(=O)[C@@H](C)Sc2nncn2-c2ccccc2)c(Br)c1. The molecule has 3 aromatic rings. The lowest BCUT2D eigenvalue weighted by Gasteiger charge is -2.15. The standard InChI is InChI=1S/C18H16Br2N4OS/c1-11-8-14(19)16(15(20)9-11)22-17(25)12(2)26-18-23-21-10-24(18)13-6-4-3-5-7-13/h3-10,12H,1-2H3,(H,22,25)/t12-/m1/s1. The van der Waals surface area contributed by atoms with Crippen molar-refractivity contribution in [1.82, 2.24) is 14.8 Å². The van der Waals surface area contributed by atoms with Crippen LogP contribution in [-0.2, 0) is 4.79 Å². The number of hydrogen-bond donors (Lipinski definition) is 1. The Hall–Kier alpha value is -1.64. The smallest absolute Gasteiger partial charge is 0.237 e. The van der Waals surface area contributed by atoms with E-state index in [4.69, 9.17) is 0 Å². The second-order valence-electron chi connectivity index (χ2n) is 5.67. The molecule has 1 aromatic heterocycles. The van der Waals surface area contributed by atoms with Crippen LogP contribution >= 0.6 is 43.6 Å². The van der Waals surface area contributed by atoms with E-state index in [0.717, 1.165) is 25.9 Å². The van der Waals surface area contributed by atoms with Gasteiger partial charge in [0.1, 0.15) is 6.33 Å². The number of amides is 1. The van der Waals surface area contributed by atoms with Gasteiger partial charge in [-0.3, -0.25) is 9.36 Å². The Balaban J connectivity index is 1.74. The van der Waals surface area contributed by atoms with E-state index in [1.807, 2.05) is 60.9 Å². The number of rotatable bonds is 5. The Morgan fingerprint density at radius 2 is 1.85 bits per heavy atom. The van der Waals surface area contributed by atoms with Gasteiger partial charge in [0.25, 0.3) is 0 Å². The molecule has 1 heterocycles. The number of hydrogen-bond acceptors (Lipinski definition) is 4. The van der Waals surface area contributed by atoms with E-state index in [1.165, 1.54) is 11.8 Å². The van der Waals surface area contributed by atoms with Crippen molar-refractivity contribution in [3.8, 4) is 5.69 Å². The second kappa shape index (κ2) is 8.37. The van der Waals surface area contributed by atoms with Crippen LogP contribution in [0.4, 0.5) is 5.69 Å². The van der Waals surface area contributed by atoms with Crippen LogP contribution < -0.4 is 5.32 Å². The summed E-state index contributed by atoms with van der Waals surface area (Å²) in [6, 6.07) is 13.7. The average Bonchev–Trinajstić information content (AvgIpc) is 3.06. The van der Waals surface area contributed by atoms with Gasteiger partial charge in [0.15, 0.2) is 5.16 Å². The van der Waals surface area contributed by atoms with Crippen LogP contribution in [0.25, 0.3) is 5.69 Å². The molecule has 0 aliphatic rings. The predicted molar refractivity (Wildman–Crippen MR) is 112 cm³/mol. The molecule has 0 unspecified atom stereocenters. The summed E-state index contributed by atoms with van der Waals surface area (Å²) >= 11 is 8.36. The van der Waals surface area contributed by atoms with Crippen molar-refractivity contribution < 1.29 is 4.79 Å². The number of thioether (sulfide) groups is 1. The van der Waals surface area contributed by atoms with Crippen molar-refractivity contribution in [3.63, 3.8) is 0 Å². The summed E-state index contributed by atoms with van der Waals surface area (Å²) < 4.78 is 3.54. The van der Waals surface area contributed by atoms with Crippen molar-refractivity contribution in [2.24, 2.45) is 0 Å². The number of carbonyl (C=O) groups is 1. The number of nitrogens with zero attached hydrogens (tertiary/aromatic N) is 3. The Labute approximate surface area is 172 Å². The van der Waals surface area contributed by atoms with Crippen molar-refractivity contribution in [2.75, 3.05) is 5.32 Å². The zero-order chi connectivity index (χ0) is 18.7. The molecule has 0 saturated heterocycles. The highest BCUT2D eigenvalue weighted by Crippen LogP contribution is 2.33. The fourth-order valence-corrected chi connectivity index (χ4v) is 4.78. The molecule has 0 aliphatic heterocycles. The van der Waals surface area contributed by atoms with Crippen molar-refractivity contribution >= 4 is 55.2 Å². The molecule has 134 valence electrons. The summed E-state index contributed by atoms with van der Waals surface area (Å²) in [5, 5.41) is 11.4. The summed E-state index contributed by atoms with van der Waals surface area (Å²) in [7, 11) is 0. The topological polar surface area (TPSA) is 59.8 Å². The Morgan fingerprint density at radius 1 is 1.19 bits per heavy atom. The van der Waals surface area contributed by atoms with Gasteiger partial charge in [0.05, 0.1) is 10.9 Å². The third kappa shape index (κ3) is 4.36. The number of anilines is 1. The third-order valence-corrected chi connectivity index (χ3v) is 5.94. The molecule has 26 heavy (non-hydrogen) atoms. The number of para-hydroxylation sites is 1. The molecule has 1 amide bonds. The summed E-state index contributed by atoms with van der Waals surface area (Å²) in [6.45, 7) is 3.84. The molecule has 0 spiro atoms. The van der Waals surface area contributed by atoms with Crippen LogP contribution in [0.3, 0.4) is 0 Å². The fourth-order valence-electron chi connectivity index (χ4n) is 2.33. The number of benzene rings is 2. The first-order valence-electron chi connectivity index (χ1n) is 7.84. The van der Waals surface area contributed by atoms with Crippen molar-refractivity contribution in [3.05, 3.63) is 63.3 Å². The highest BCUT2D eigenvalue weighted by atomic mass is 79.9. The molecule has 0 aliphatic carbocycles. The van der Waals surface area contributed by atoms with Crippen LogP contribution in [0.1, 0.15) is 12.5 Å². The zero-order valence-corrected chi connectivity index (χ0v) is 18.1. The second-order valence-corrected chi connectivity index (χ2v) is 8.69. The van der Waals surface area contributed by atoms with E-state index in [-0.39, 0.29) is 11.2 Å². The van der Waals surface area contributed by atoms with Gasteiger partial charge in [-0.25, -0.2) is 0 Å². The molecular weight excluding hydrogens is 480 g/mol. The van der Waals surface area contributed by atoms with Crippen LogP contribution in [0.15, 0.2) is 62.9 Å². The molecule has 5 nitrogen and oxygen atoms in total. The van der Waals surface area contributed by atoms with E-state index in [9.17, 15) is 4.79 Å². The summed E-state index contributed by atoms with van der Waals surface area (Å²) in [5.74, 6) is -0.108. The fraction of sp³-hybridized carbons (Fsp3) is 0.167. The average molecular weight is 496 g/mol. The molecule has 0 bridgehead atoms. The quantitative estimate of drug-likeness (QED) is 0.493. The van der Waals surface area contributed by atoms with Crippen molar-refractivity contribution in [2.45, 2.75) is 24.3 Å². The van der Waals surface area contributed by atoms with E-state index in [2.05, 4.69) is 47.4 Å². The molecule has 3 rings (SSSR count). The van der Waals surface area contributed by atoms with Crippen LogP contribution in [0.5, 0.6) is 0 Å². The number of aromatic nitrogens is 3. The molecule has 8 heteroatoms. The number of carbonyl (C=O) groups excluding carboxylic acids is 1. The molecule has 0 saturated carbocycles. The normalized spacial score (nSPS) is 12.0. The Kier molecular flexibility index (Phi) is 6.16. The monoisotopic (exact) mass is 494 g/mol. The summed E-state index contributed by atoms with van der Waals surface area (Å²) in [4.78, 5) is 12.6. The maximum absolute atomic E-state index is 12.6. The maximum Gasteiger partial charge on any atom is 0.237 e. The van der Waals surface area contributed by atoms with Crippen LogP contribution in [-0.4, -0.2) is 25.9 Å². The van der Waals surface area contributed by atoms with Gasteiger partial charge >= 0.3 is 0 Å². The van der Waals surface area contributed by atoms with E-state index in [0.29, 0.717) is 5.16 Å². The minimum Gasteiger partial charge on any atom is -0.323 e. The van der Waals surface area contributed by atoms with E-state index >= 15 is 0 Å². The van der Waals surface area contributed by atoms with Crippen molar-refractivity contribution in [1.29, 1.82) is 0 Å². The number of aryl methyl sites for hydroxylation is 1. The lowest BCUT2D eigenvalue weighted by atomic mass is 10.2. The van der Waals surface area contributed by atoms with Crippen LogP contribution in [0.2, 0.25) is 0 Å². The minimum absolute atomic E-state index is 0.108. The highest BCUT2D eigenvalue weighted by Gasteiger charge is 2.20. The van der Waals surface area contributed by atoms with Gasteiger partial charge in [-0.2, -0.15) is 0 Å². The lowest BCUT2D eigenvalue weighted by molar-refractivity contribution is -0.115. The summed E-state index contributed by atoms with van der Waals surface area (Å²) in [5.41, 5.74) is 2.77. The third-order valence-electron chi connectivity index (χ3n) is 3.64. The molecule has 2 aromatic carbocycles. The summed E-state index contributed by atoms with van der Waals surface area (Å²) in [6.07, 6.45) is 1.65. The predicted octanol–water partition coefficient (Wildman–Crippen LogP) is 5.22. The molecule has 0 fully saturated rings. The van der Waals surface area contributed by atoms with Gasteiger partial charge in [-0.1, -0.05) is 30.0 Å². The van der Waals surface area contributed by atoms with E-state index < -0.39 is 0 Å². The van der Waals surface area contributed by atoms with Gasteiger partial charge in [-0.15, -0.1) is 10.2 Å². The largest absolute Gasteiger partial charge is 0.323 e. The lowest BCUT2D eigenvalue weighted by Crippen LogP contribution is -2.23. The molecule has 1 N–H and O–H groups in total.